The third kappa shape index (κ3) is 2.64. The van der Waals surface area contributed by atoms with Crippen molar-refractivity contribution in [1.29, 1.82) is 0 Å². The molecule has 4 heteroatoms. The van der Waals surface area contributed by atoms with Crippen molar-refractivity contribution < 1.29 is 5.11 Å². The topological polar surface area (TPSA) is 41.3 Å². The third-order valence-electron chi connectivity index (χ3n) is 1.77. The maximum absolute atomic E-state index is 8.73. The van der Waals surface area contributed by atoms with Crippen molar-refractivity contribution in [2.75, 3.05) is 19.7 Å². The van der Waals surface area contributed by atoms with Gasteiger partial charge in [0.25, 0.3) is 0 Å². The molecule has 0 atom stereocenters. The van der Waals surface area contributed by atoms with E-state index >= 15 is 0 Å². The van der Waals surface area contributed by atoms with Crippen molar-refractivity contribution in [1.82, 2.24) is 14.7 Å². The van der Waals surface area contributed by atoms with Gasteiger partial charge in [-0.15, -0.1) is 0 Å². The van der Waals surface area contributed by atoms with E-state index in [1.807, 2.05) is 16.9 Å². The van der Waals surface area contributed by atoms with Crippen LogP contribution in [0.1, 0.15) is 6.92 Å². The van der Waals surface area contributed by atoms with Crippen LogP contribution in [-0.2, 0) is 6.67 Å². The summed E-state index contributed by atoms with van der Waals surface area (Å²) in [6, 6.07) is 1.90. The molecule has 0 aliphatic rings. The van der Waals surface area contributed by atoms with Crippen LogP contribution in [0.15, 0.2) is 18.5 Å². The summed E-state index contributed by atoms with van der Waals surface area (Å²) in [5, 5.41) is 12.8. The van der Waals surface area contributed by atoms with Crippen LogP contribution in [0, 0.1) is 0 Å². The molecule has 0 aromatic carbocycles. The van der Waals surface area contributed by atoms with Gasteiger partial charge in [0.05, 0.1) is 13.3 Å². The average molecular weight is 169 g/mol. The number of rotatable bonds is 5. The molecule has 1 aromatic heterocycles. The van der Waals surface area contributed by atoms with Gasteiger partial charge in [0, 0.05) is 18.9 Å². The standard InChI is InChI=1S/C8H15N3O/c1-2-10(6-7-12)8-11-5-3-4-9-11/h3-5,12H,2,6-8H2,1H3. The van der Waals surface area contributed by atoms with Crippen molar-refractivity contribution in [3.8, 4) is 0 Å². The molecule has 0 fully saturated rings. The highest BCUT2D eigenvalue weighted by Crippen LogP contribution is 1.91. The highest BCUT2D eigenvalue weighted by Gasteiger charge is 2.00. The molecule has 1 rings (SSSR count). The minimum Gasteiger partial charge on any atom is -0.395 e. The Morgan fingerprint density at radius 1 is 1.58 bits per heavy atom. The van der Waals surface area contributed by atoms with Crippen LogP contribution < -0.4 is 0 Å². The average Bonchev–Trinajstić information content (AvgIpc) is 2.56. The lowest BCUT2D eigenvalue weighted by Gasteiger charge is -2.18. The molecule has 1 heterocycles. The van der Waals surface area contributed by atoms with Crippen LogP contribution in [0.25, 0.3) is 0 Å². The van der Waals surface area contributed by atoms with E-state index in [2.05, 4.69) is 16.9 Å². The van der Waals surface area contributed by atoms with E-state index in [1.54, 1.807) is 6.20 Å². The quantitative estimate of drug-likeness (QED) is 0.682. The predicted octanol–water partition coefficient (Wildman–Crippen LogP) is 0.155. The number of nitrogens with zero attached hydrogens (tertiary/aromatic N) is 3. The normalized spacial score (nSPS) is 10.9. The zero-order chi connectivity index (χ0) is 8.81. The summed E-state index contributed by atoms with van der Waals surface area (Å²) in [6.07, 6.45) is 3.67. The molecule has 0 saturated carbocycles. The van der Waals surface area contributed by atoms with Gasteiger partial charge >= 0.3 is 0 Å². The van der Waals surface area contributed by atoms with Gasteiger partial charge in [-0.25, -0.2) is 0 Å². The van der Waals surface area contributed by atoms with E-state index in [4.69, 9.17) is 5.11 Å². The van der Waals surface area contributed by atoms with Gasteiger partial charge in [-0.1, -0.05) is 6.92 Å². The molecule has 68 valence electrons. The molecule has 0 aliphatic heterocycles. The van der Waals surface area contributed by atoms with Gasteiger partial charge in [-0.05, 0) is 12.6 Å². The summed E-state index contributed by atoms with van der Waals surface area (Å²) in [6.45, 7) is 4.66. The van der Waals surface area contributed by atoms with Crippen LogP contribution in [-0.4, -0.2) is 39.5 Å². The van der Waals surface area contributed by atoms with E-state index in [-0.39, 0.29) is 6.61 Å². The Bertz CT molecular complexity index is 198. The van der Waals surface area contributed by atoms with Gasteiger partial charge in [0.2, 0.25) is 0 Å². The Hall–Kier alpha value is -0.870. The van der Waals surface area contributed by atoms with Crippen LogP contribution in [0.4, 0.5) is 0 Å². The number of aliphatic hydroxyl groups is 1. The maximum Gasteiger partial charge on any atom is 0.0929 e. The number of hydrogen-bond acceptors (Lipinski definition) is 3. The predicted molar refractivity (Wildman–Crippen MR) is 46.6 cm³/mol. The number of hydrogen-bond donors (Lipinski definition) is 1. The van der Waals surface area contributed by atoms with E-state index in [0.29, 0.717) is 6.54 Å². The molecule has 0 bridgehead atoms. The summed E-state index contributed by atoms with van der Waals surface area (Å²) in [5.41, 5.74) is 0. The summed E-state index contributed by atoms with van der Waals surface area (Å²) in [5.74, 6) is 0. The lowest BCUT2D eigenvalue weighted by atomic mass is 10.5. The van der Waals surface area contributed by atoms with Crippen molar-refractivity contribution in [2.24, 2.45) is 0 Å². The Morgan fingerprint density at radius 2 is 2.42 bits per heavy atom. The first-order valence-electron chi connectivity index (χ1n) is 4.17. The van der Waals surface area contributed by atoms with Crippen LogP contribution in [0.2, 0.25) is 0 Å². The zero-order valence-corrected chi connectivity index (χ0v) is 7.35. The number of aromatic nitrogens is 2. The summed E-state index contributed by atoms with van der Waals surface area (Å²) >= 11 is 0. The first-order valence-corrected chi connectivity index (χ1v) is 4.17. The molecule has 1 N–H and O–H groups in total. The largest absolute Gasteiger partial charge is 0.395 e. The molecular formula is C8H15N3O. The van der Waals surface area contributed by atoms with Gasteiger partial charge in [-0.3, -0.25) is 9.58 Å². The van der Waals surface area contributed by atoms with Gasteiger partial charge in [0.1, 0.15) is 0 Å². The van der Waals surface area contributed by atoms with Crippen molar-refractivity contribution in [3.05, 3.63) is 18.5 Å². The first-order chi connectivity index (χ1) is 5.86. The maximum atomic E-state index is 8.73. The molecule has 0 amide bonds. The van der Waals surface area contributed by atoms with Crippen LogP contribution >= 0.6 is 0 Å². The molecule has 4 nitrogen and oxygen atoms in total. The fraction of sp³-hybridized carbons (Fsp3) is 0.625. The van der Waals surface area contributed by atoms with Crippen LogP contribution in [0.3, 0.4) is 0 Å². The Balaban J connectivity index is 2.37. The van der Waals surface area contributed by atoms with E-state index < -0.39 is 0 Å². The third-order valence-corrected chi connectivity index (χ3v) is 1.77. The van der Waals surface area contributed by atoms with Crippen molar-refractivity contribution in [3.63, 3.8) is 0 Å². The highest BCUT2D eigenvalue weighted by molar-refractivity contribution is 4.77. The summed E-state index contributed by atoms with van der Waals surface area (Å²) < 4.78 is 1.85. The lowest BCUT2D eigenvalue weighted by molar-refractivity contribution is 0.165. The van der Waals surface area contributed by atoms with E-state index in [9.17, 15) is 0 Å². The van der Waals surface area contributed by atoms with Gasteiger partial charge in [0.15, 0.2) is 0 Å². The summed E-state index contributed by atoms with van der Waals surface area (Å²) in [7, 11) is 0. The Kier molecular flexibility index (Phi) is 3.76. The molecule has 0 aliphatic carbocycles. The van der Waals surface area contributed by atoms with Crippen molar-refractivity contribution in [2.45, 2.75) is 13.6 Å². The Labute approximate surface area is 72.4 Å². The second-order valence-corrected chi connectivity index (χ2v) is 2.62. The second-order valence-electron chi connectivity index (χ2n) is 2.62. The minimum absolute atomic E-state index is 0.203. The fourth-order valence-electron chi connectivity index (χ4n) is 1.06. The molecule has 0 saturated heterocycles. The molecule has 12 heavy (non-hydrogen) atoms. The smallest absolute Gasteiger partial charge is 0.0929 e. The van der Waals surface area contributed by atoms with E-state index in [1.165, 1.54) is 0 Å². The first kappa shape index (κ1) is 9.22. The molecular weight excluding hydrogens is 154 g/mol. The highest BCUT2D eigenvalue weighted by atomic mass is 16.3. The second kappa shape index (κ2) is 4.90. The SMILES string of the molecule is CCN(CCO)Cn1cccn1. The molecule has 0 unspecified atom stereocenters. The lowest BCUT2D eigenvalue weighted by Crippen LogP contribution is -2.29. The van der Waals surface area contributed by atoms with Gasteiger partial charge < -0.3 is 5.11 Å². The molecule has 0 radical (unpaired) electrons. The van der Waals surface area contributed by atoms with Gasteiger partial charge in [-0.2, -0.15) is 5.10 Å². The number of likely N-dealkylation sites (N-methyl/N-ethyl adjacent to an activating group) is 1. The van der Waals surface area contributed by atoms with Crippen molar-refractivity contribution >= 4 is 0 Å². The fourth-order valence-corrected chi connectivity index (χ4v) is 1.06. The summed E-state index contributed by atoms with van der Waals surface area (Å²) in [4.78, 5) is 2.12. The molecule has 0 spiro atoms. The minimum atomic E-state index is 0.203. The zero-order valence-electron chi connectivity index (χ0n) is 7.35. The molecule has 1 aromatic rings. The number of aliphatic hydroxyl groups excluding tert-OH is 1. The monoisotopic (exact) mass is 169 g/mol. The van der Waals surface area contributed by atoms with E-state index in [0.717, 1.165) is 13.2 Å². The van der Waals surface area contributed by atoms with Crippen LogP contribution in [0.5, 0.6) is 0 Å². The Morgan fingerprint density at radius 3 is 2.92 bits per heavy atom.